The number of amides is 1. The summed E-state index contributed by atoms with van der Waals surface area (Å²) in [5.41, 5.74) is 0.212. The van der Waals surface area contributed by atoms with Crippen molar-refractivity contribution in [3.8, 4) is 0 Å². The van der Waals surface area contributed by atoms with Crippen LogP contribution in [0.25, 0.3) is 0 Å². The Kier molecular flexibility index (Phi) is 1.84. The SMILES string of the molecule is CC1(C)CC1NC(=O)[C@@H]1C[C@@H]1C(=O)O. The van der Waals surface area contributed by atoms with Gasteiger partial charge >= 0.3 is 5.97 Å². The van der Waals surface area contributed by atoms with Crippen LogP contribution in [0.3, 0.4) is 0 Å². The van der Waals surface area contributed by atoms with E-state index < -0.39 is 11.9 Å². The molecule has 0 aromatic rings. The Balaban J connectivity index is 1.79. The Bertz CT molecular complexity index is 298. The molecule has 2 N–H and O–H groups in total. The van der Waals surface area contributed by atoms with Gasteiger partial charge in [-0.3, -0.25) is 9.59 Å². The summed E-state index contributed by atoms with van der Waals surface area (Å²) in [7, 11) is 0. The van der Waals surface area contributed by atoms with E-state index in [0.29, 0.717) is 6.42 Å². The molecule has 0 saturated heterocycles. The Hall–Kier alpha value is -1.06. The molecule has 2 aliphatic rings. The molecule has 0 aliphatic heterocycles. The Morgan fingerprint density at radius 3 is 2.29 bits per heavy atom. The summed E-state index contributed by atoms with van der Waals surface area (Å²) >= 11 is 0. The highest BCUT2D eigenvalue weighted by Crippen LogP contribution is 2.46. The minimum atomic E-state index is -0.847. The first kappa shape index (κ1) is 9.49. The number of hydrogen-bond donors (Lipinski definition) is 2. The molecule has 1 amide bonds. The summed E-state index contributed by atoms with van der Waals surface area (Å²) < 4.78 is 0. The van der Waals surface area contributed by atoms with E-state index >= 15 is 0 Å². The number of carboxylic acids is 1. The second-order valence-electron chi connectivity index (χ2n) is 5.04. The van der Waals surface area contributed by atoms with Crippen molar-refractivity contribution in [2.75, 3.05) is 0 Å². The second-order valence-corrected chi connectivity index (χ2v) is 5.04. The van der Waals surface area contributed by atoms with Crippen LogP contribution in [-0.4, -0.2) is 23.0 Å². The van der Waals surface area contributed by atoms with Gasteiger partial charge in [0.25, 0.3) is 0 Å². The van der Waals surface area contributed by atoms with Gasteiger partial charge in [-0.05, 0) is 18.3 Å². The van der Waals surface area contributed by atoms with Crippen molar-refractivity contribution in [2.45, 2.75) is 32.7 Å². The molecule has 4 nitrogen and oxygen atoms in total. The van der Waals surface area contributed by atoms with Crippen molar-refractivity contribution in [2.24, 2.45) is 17.3 Å². The maximum atomic E-state index is 11.5. The van der Waals surface area contributed by atoms with Gasteiger partial charge in [-0.2, -0.15) is 0 Å². The molecule has 1 unspecified atom stereocenters. The Labute approximate surface area is 82.7 Å². The van der Waals surface area contributed by atoms with E-state index in [9.17, 15) is 9.59 Å². The van der Waals surface area contributed by atoms with Gasteiger partial charge in [-0.25, -0.2) is 0 Å². The minimum absolute atomic E-state index is 0.0759. The highest BCUT2D eigenvalue weighted by Gasteiger charge is 2.52. The maximum Gasteiger partial charge on any atom is 0.307 e. The maximum absolute atomic E-state index is 11.5. The zero-order valence-electron chi connectivity index (χ0n) is 8.41. The summed E-state index contributed by atoms with van der Waals surface area (Å²) in [5.74, 6) is -1.63. The van der Waals surface area contributed by atoms with Crippen LogP contribution in [0.4, 0.5) is 0 Å². The average Bonchev–Trinajstić information content (AvgIpc) is 2.87. The highest BCUT2D eigenvalue weighted by molar-refractivity contribution is 5.89. The minimum Gasteiger partial charge on any atom is -0.481 e. The summed E-state index contributed by atoms with van der Waals surface area (Å²) in [6, 6.07) is 0.255. The third-order valence-electron chi connectivity index (χ3n) is 3.27. The number of carboxylic acid groups (broad SMARTS) is 1. The second kappa shape index (κ2) is 2.72. The summed E-state index contributed by atoms with van der Waals surface area (Å²) in [5, 5.41) is 11.5. The standard InChI is InChI=1S/C10H15NO3/c1-10(2)4-7(10)11-8(12)5-3-6(5)9(13)14/h5-7H,3-4H2,1-2H3,(H,11,12)(H,13,14)/t5-,6+,7?/m1/s1. The van der Waals surface area contributed by atoms with Crippen LogP contribution in [0, 0.1) is 17.3 Å². The van der Waals surface area contributed by atoms with E-state index in [1.165, 1.54) is 0 Å². The van der Waals surface area contributed by atoms with Crippen molar-refractivity contribution < 1.29 is 14.7 Å². The molecule has 0 radical (unpaired) electrons. The lowest BCUT2D eigenvalue weighted by Crippen LogP contribution is -2.30. The molecular weight excluding hydrogens is 182 g/mol. The van der Waals surface area contributed by atoms with Gasteiger partial charge in [0.2, 0.25) is 5.91 Å². The first-order valence-electron chi connectivity index (χ1n) is 4.95. The smallest absolute Gasteiger partial charge is 0.307 e. The van der Waals surface area contributed by atoms with Crippen molar-refractivity contribution in [1.82, 2.24) is 5.32 Å². The van der Waals surface area contributed by atoms with Crippen molar-refractivity contribution in [3.05, 3.63) is 0 Å². The van der Waals surface area contributed by atoms with Gasteiger partial charge in [0.1, 0.15) is 0 Å². The molecule has 78 valence electrons. The lowest BCUT2D eigenvalue weighted by atomic mass is 10.2. The normalized spacial score (nSPS) is 37.4. The topological polar surface area (TPSA) is 66.4 Å². The molecule has 4 heteroatoms. The number of aliphatic carboxylic acids is 1. The molecule has 3 atom stereocenters. The third-order valence-corrected chi connectivity index (χ3v) is 3.27. The predicted octanol–water partition coefficient (Wildman–Crippen LogP) is 0.622. The van der Waals surface area contributed by atoms with Crippen LogP contribution in [-0.2, 0) is 9.59 Å². The molecule has 2 saturated carbocycles. The zero-order valence-corrected chi connectivity index (χ0v) is 8.41. The van der Waals surface area contributed by atoms with Crippen LogP contribution in [0.2, 0.25) is 0 Å². The summed E-state index contributed by atoms with van der Waals surface area (Å²) in [4.78, 5) is 22.0. The van der Waals surface area contributed by atoms with Crippen LogP contribution in [0.15, 0.2) is 0 Å². The van der Waals surface area contributed by atoms with Crippen LogP contribution >= 0.6 is 0 Å². The van der Waals surface area contributed by atoms with E-state index in [-0.39, 0.29) is 23.3 Å². The van der Waals surface area contributed by atoms with Gasteiger partial charge in [-0.15, -0.1) is 0 Å². The quantitative estimate of drug-likeness (QED) is 0.697. The van der Waals surface area contributed by atoms with Crippen LogP contribution in [0.1, 0.15) is 26.7 Å². The molecule has 0 spiro atoms. The van der Waals surface area contributed by atoms with Gasteiger partial charge < -0.3 is 10.4 Å². The molecule has 0 heterocycles. The third kappa shape index (κ3) is 1.61. The van der Waals surface area contributed by atoms with Crippen molar-refractivity contribution in [3.63, 3.8) is 0 Å². The lowest BCUT2D eigenvalue weighted by Gasteiger charge is -2.05. The van der Waals surface area contributed by atoms with Gasteiger partial charge in [0.05, 0.1) is 11.8 Å². The number of rotatable bonds is 3. The molecule has 14 heavy (non-hydrogen) atoms. The van der Waals surface area contributed by atoms with E-state index in [1.54, 1.807) is 0 Å². The number of carbonyl (C=O) groups excluding carboxylic acids is 1. The fourth-order valence-electron chi connectivity index (χ4n) is 1.75. The number of nitrogens with one attached hydrogen (secondary N) is 1. The fourth-order valence-corrected chi connectivity index (χ4v) is 1.75. The van der Waals surface area contributed by atoms with E-state index in [1.807, 2.05) is 0 Å². The Morgan fingerprint density at radius 2 is 1.93 bits per heavy atom. The van der Waals surface area contributed by atoms with Gasteiger partial charge in [-0.1, -0.05) is 13.8 Å². The highest BCUT2D eigenvalue weighted by atomic mass is 16.4. The number of carbonyl (C=O) groups is 2. The monoisotopic (exact) mass is 197 g/mol. The van der Waals surface area contributed by atoms with Gasteiger partial charge in [0.15, 0.2) is 0 Å². The number of hydrogen-bond acceptors (Lipinski definition) is 2. The van der Waals surface area contributed by atoms with Crippen LogP contribution in [0.5, 0.6) is 0 Å². The van der Waals surface area contributed by atoms with E-state index in [4.69, 9.17) is 5.11 Å². The van der Waals surface area contributed by atoms with Crippen LogP contribution < -0.4 is 5.32 Å². The molecule has 0 bridgehead atoms. The van der Waals surface area contributed by atoms with Crippen molar-refractivity contribution in [1.29, 1.82) is 0 Å². The molecule has 2 aliphatic carbocycles. The first-order valence-corrected chi connectivity index (χ1v) is 4.95. The first-order chi connectivity index (χ1) is 6.42. The summed E-state index contributed by atoms with van der Waals surface area (Å²) in [6.45, 7) is 4.19. The molecule has 0 aromatic carbocycles. The van der Waals surface area contributed by atoms with Crippen molar-refractivity contribution >= 4 is 11.9 Å². The molecular formula is C10H15NO3. The Morgan fingerprint density at radius 1 is 1.36 bits per heavy atom. The molecule has 2 rings (SSSR count). The lowest BCUT2D eigenvalue weighted by molar-refractivity contribution is -0.140. The molecule has 2 fully saturated rings. The largest absolute Gasteiger partial charge is 0.481 e. The van der Waals surface area contributed by atoms with E-state index in [0.717, 1.165) is 6.42 Å². The van der Waals surface area contributed by atoms with Gasteiger partial charge in [0, 0.05) is 6.04 Å². The fraction of sp³-hybridized carbons (Fsp3) is 0.800. The summed E-state index contributed by atoms with van der Waals surface area (Å²) in [6.07, 6.45) is 1.51. The van der Waals surface area contributed by atoms with E-state index in [2.05, 4.69) is 19.2 Å². The average molecular weight is 197 g/mol. The zero-order chi connectivity index (χ0) is 10.5. The predicted molar refractivity (Wildman–Crippen MR) is 49.6 cm³/mol. The molecule has 0 aromatic heterocycles.